The highest BCUT2D eigenvalue weighted by molar-refractivity contribution is 7.91. The molecule has 1 heterocycles. The van der Waals surface area contributed by atoms with Crippen molar-refractivity contribution < 1.29 is 13.2 Å². The zero-order valence-electron chi connectivity index (χ0n) is 15.0. The number of nitrogens with one attached hydrogen (secondary N) is 1. The van der Waals surface area contributed by atoms with E-state index in [0.717, 1.165) is 16.8 Å². The van der Waals surface area contributed by atoms with Crippen molar-refractivity contribution in [3.8, 4) is 5.69 Å². The van der Waals surface area contributed by atoms with Crippen molar-refractivity contribution in [3.63, 3.8) is 0 Å². The molecule has 2 aromatic carbocycles. The number of aryl methyl sites for hydroxylation is 2. The monoisotopic (exact) mass is 385 g/mol. The molecule has 1 aromatic heterocycles. The Bertz CT molecular complexity index is 1050. The van der Waals surface area contributed by atoms with Crippen LogP contribution < -0.4 is 5.32 Å². The molecule has 0 unspecified atom stereocenters. The van der Waals surface area contributed by atoms with E-state index in [4.69, 9.17) is 0 Å². The number of nitrogens with zero attached hydrogens (tertiary/aromatic N) is 4. The van der Waals surface area contributed by atoms with Crippen LogP contribution in [-0.2, 0) is 14.6 Å². The summed E-state index contributed by atoms with van der Waals surface area (Å²) in [5.41, 5.74) is 3.22. The lowest BCUT2D eigenvalue weighted by Gasteiger charge is -2.09. The minimum atomic E-state index is -3.50. The number of hydrogen-bond donors (Lipinski definition) is 1. The quantitative estimate of drug-likeness (QED) is 0.696. The lowest BCUT2D eigenvalue weighted by Crippen LogP contribution is -2.17. The third kappa shape index (κ3) is 4.56. The van der Waals surface area contributed by atoms with Crippen LogP contribution >= 0.6 is 0 Å². The normalized spacial score (nSPS) is 11.3. The molecule has 3 rings (SSSR count). The Hall–Kier alpha value is -3.07. The third-order valence-electron chi connectivity index (χ3n) is 4.05. The van der Waals surface area contributed by atoms with Gasteiger partial charge in [-0.05, 0) is 60.2 Å². The molecule has 0 aliphatic heterocycles. The van der Waals surface area contributed by atoms with Crippen molar-refractivity contribution >= 4 is 21.4 Å². The zero-order valence-corrected chi connectivity index (χ0v) is 15.8. The van der Waals surface area contributed by atoms with Crippen LogP contribution in [-0.4, -0.2) is 40.3 Å². The van der Waals surface area contributed by atoms with Crippen LogP contribution in [0.5, 0.6) is 0 Å². The molecule has 8 nitrogen and oxygen atoms in total. The van der Waals surface area contributed by atoms with Gasteiger partial charge in [0.25, 0.3) is 0 Å². The molecule has 1 N–H and O–H groups in total. The predicted molar refractivity (Wildman–Crippen MR) is 100 cm³/mol. The van der Waals surface area contributed by atoms with Crippen molar-refractivity contribution in [3.05, 3.63) is 59.9 Å². The van der Waals surface area contributed by atoms with Crippen molar-refractivity contribution in [1.29, 1.82) is 0 Å². The fraction of sp³-hybridized carbons (Fsp3) is 0.222. The summed E-state index contributed by atoms with van der Waals surface area (Å²) in [7, 11) is -3.50. The van der Waals surface area contributed by atoms with Gasteiger partial charge in [-0.3, -0.25) is 4.79 Å². The second-order valence-electron chi connectivity index (χ2n) is 6.19. The van der Waals surface area contributed by atoms with E-state index < -0.39 is 9.84 Å². The first-order chi connectivity index (χ1) is 12.8. The van der Waals surface area contributed by atoms with E-state index in [0.29, 0.717) is 5.69 Å². The number of carbonyl (C=O) groups excluding carboxylic acids is 1. The standard InChI is InChI=1S/C18H19N5O3S/c1-13-3-6-16(7-4-13)27(25,26)10-9-18(24)20-15-5-8-17(14(2)11-15)23-12-19-21-22-23/h3-8,11-12H,9-10H2,1-2H3,(H,20,24). The van der Waals surface area contributed by atoms with Crippen molar-refractivity contribution in [2.45, 2.75) is 25.2 Å². The number of amides is 1. The van der Waals surface area contributed by atoms with Gasteiger partial charge in [-0.2, -0.15) is 0 Å². The topological polar surface area (TPSA) is 107 Å². The molecule has 9 heteroatoms. The Labute approximate surface area is 157 Å². The highest BCUT2D eigenvalue weighted by Gasteiger charge is 2.16. The Morgan fingerprint density at radius 1 is 1.11 bits per heavy atom. The van der Waals surface area contributed by atoms with Gasteiger partial charge >= 0.3 is 0 Å². The summed E-state index contributed by atoms with van der Waals surface area (Å²) < 4.78 is 26.2. The minimum absolute atomic E-state index is 0.121. The molecule has 140 valence electrons. The van der Waals surface area contributed by atoms with Crippen molar-refractivity contribution in [2.24, 2.45) is 0 Å². The average Bonchev–Trinajstić information content (AvgIpc) is 3.15. The minimum Gasteiger partial charge on any atom is -0.326 e. The second kappa shape index (κ2) is 7.67. The van der Waals surface area contributed by atoms with Gasteiger partial charge in [0.1, 0.15) is 6.33 Å². The summed E-state index contributed by atoms with van der Waals surface area (Å²) in [5, 5.41) is 13.7. The SMILES string of the molecule is Cc1ccc(S(=O)(=O)CCC(=O)Nc2ccc(-n3cnnn3)c(C)c2)cc1. The first kappa shape index (κ1) is 18.7. The fourth-order valence-corrected chi connectivity index (χ4v) is 3.82. The molecule has 0 atom stereocenters. The smallest absolute Gasteiger partial charge is 0.225 e. The van der Waals surface area contributed by atoms with Gasteiger partial charge in [-0.15, -0.1) is 5.10 Å². The van der Waals surface area contributed by atoms with Gasteiger partial charge < -0.3 is 5.32 Å². The summed E-state index contributed by atoms with van der Waals surface area (Å²) in [4.78, 5) is 12.4. The van der Waals surface area contributed by atoms with Crippen LogP contribution in [0.4, 0.5) is 5.69 Å². The fourth-order valence-electron chi connectivity index (χ4n) is 2.58. The first-order valence-corrected chi connectivity index (χ1v) is 9.94. The molecule has 0 spiro atoms. The Balaban J connectivity index is 1.62. The van der Waals surface area contributed by atoms with E-state index in [9.17, 15) is 13.2 Å². The summed E-state index contributed by atoms with van der Waals surface area (Å²) in [5.74, 6) is -0.607. The molecule has 0 aliphatic carbocycles. The van der Waals surface area contributed by atoms with Gasteiger partial charge in [0, 0.05) is 12.1 Å². The second-order valence-corrected chi connectivity index (χ2v) is 8.29. The molecule has 3 aromatic rings. The molecule has 0 aliphatic rings. The molecule has 27 heavy (non-hydrogen) atoms. The molecule has 0 fully saturated rings. The lowest BCUT2D eigenvalue weighted by molar-refractivity contribution is -0.115. The molecule has 0 saturated carbocycles. The molecular formula is C18H19N5O3S. The summed E-state index contributed by atoms with van der Waals surface area (Å²) >= 11 is 0. The number of tetrazole rings is 1. The van der Waals surface area contributed by atoms with Crippen LogP contribution in [0.3, 0.4) is 0 Å². The number of aromatic nitrogens is 4. The van der Waals surface area contributed by atoms with E-state index in [1.165, 1.54) is 11.0 Å². The maximum atomic E-state index is 12.3. The first-order valence-electron chi connectivity index (χ1n) is 8.28. The number of anilines is 1. The van der Waals surface area contributed by atoms with Gasteiger partial charge in [0.15, 0.2) is 9.84 Å². The van der Waals surface area contributed by atoms with Crippen LogP contribution in [0.25, 0.3) is 5.69 Å². The van der Waals surface area contributed by atoms with Crippen LogP contribution in [0.15, 0.2) is 53.7 Å². The Morgan fingerprint density at radius 2 is 1.85 bits per heavy atom. The van der Waals surface area contributed by atoms with Crippen molar-refractivity contribution in [1.82, 2.24) is 20.2 Å². The van der Waals surface area contributed by atoms with Gasteiger partial charge in [-0.25, -0.2) is 13.1 Å². The number of hydrogen-bond acceptors (Lipinski definition) is 6. The number of benzene rings is 2. The summed E-state index contributed by atoms with van der Waals surface area (Å²) in [6, 6.07) is 11.9. The average molecular weight is 385 g/mol. The number of rotatable bonds is 6. The third-order valence-corrected chi connectivity index (χ3v) is 5.79. The molecular weight excluding hydrogens is 366 g/mol. The van der Waals surface area contributed by atoms with E-state index in [-0.39, 0.29) is 23.0 Å². The van der Waals surface area contributed by atoms with Crippen LogP contribution in [0.1, 0.15) is 17.5 Å². The summed E-state index contributed by atoms with van der Waals surface area (Å²) in [6.45, 7) is 3.75. The Morgan fingerprint density at radius 3 is 2.48 bits per heavy atom. The van der Waals surface area contributed by atoms with E-state index >= 15 is 0 Å². The Kier molecular flexibility index (Phi) is 5.31. The summed E-state index contributed by atoms with van der Waals surface area (Å²) in [6.07, 6.45) is 1.36. The largest absolute Gasteiger partial charge is 0.326 e. The van der Waals surface area contributed by atoms with Gasteiger partial charge in [0.2, 0.25) is 5.91 Å². The van der Waals surface area contributed by atoms with Crippen LogP contribution in [0, 0.1) is 13.8 Å². The highest BCUT2D eigenvalue weighted by atomic mass is 32.2. The number of sulfone groups is 1. The zero-order chi connectivity index (χ0) is 19.4. The maximum absolute atomic E-state index is 12.3. The highest BCUT2D eigenvalue weighted by Crippen LogP contribution is 2.18. The van der Waals surface area contributed by atoms with Crippen molar-refractivity contribution in [2.75, 3.05) is 11.1 Å². The van der Waals surface area contributed by atoms with Gasteiger partial charge in [-0.1, -0.05) is 17.7 Å². The molecule has 0 saturated heterocycles. The maximum Gasteiger partial charge on any atom is 0.225 e. The lowest BCUT2D eigenvalue weighted by atomic mass is 10.2. The van der Waals surface area contributed by atoms with Crippen LogP contribution in [0.2, 0.25) is 0 Å². The van der Waals surface area contributed by atoms with E-state index in [1.54, 1.807) is 42.5 Å². The molecule has 1 amide bonds. The predicted octanol–water partition coefficient (Wildman–Crippen LogP) is 2.08. The number of carbonyl (C=O) groups is 1. The van der Waals surface area contributed by atoms with E-state index in [1.807, 2.05) is 13.8 Å². The van der Waals surface area contributed by atoms with E-state index in [2.05, 4.69) is 20.8 Å². The van der Waals surface area contributed by atoms with Gasteiger partial charge in [0.05, 0.1) is 16.3 Å². The molecule has 0 radical (unpaired) electrons. The molecule has 0 bridgehead atoms.